The van der Waals surface area contributed by atoms with Gasteiger partial charge in [0.1, 0.15) is 16.5 Å². The minimum absolute atomic E-state index is 0.378. The zero-order chi connectivity index (χ0) is 13.4. The largest absolute Gasteiger partial charge is 0.478 e. The Morgan fingerprint density at radius 3 is 3.05 bits per heavy atom. The molecule has 7 heteroatoms. The van der Waals surface area contributed by atoms with E-state index in [0.29, 0.717) is 23.1 Å². The van der Waals surface area contributed by atoms with Crippen LogP contribution >= 0.6 is 11.3 Å². The van der Waals surface area contributed by atoms with Gasteiger partial charge in [-0.1, -0.05) is 22.5 Å². The van der Waals surface area contributed by atoms with E-state index in [9.17, 15) is 4.79 Å². The van der Waals surface area contributed by atoms with Crippen LogP contribution in [0.2, 0.25) is 0 Å². The Hall–Kier alpha value is -2.15. The summed E-state index contributed by atoms with van der Waals surface area (Å²) in [4.78, 5) is 10.9. The van der Waals surface area contributed by atoms with Gasteiger partial charge in [-0.25, -0.2) is 4.79 Å². The molecule has 3 rings (SSSR count). The van der Waals surface area contributed by atoms with Crippen LogP contribution in [0.3, 0.4) is 0 Å². The summed E-state index contributed by atoms with van der Waals surface area (Å²) in [6.45, 7) is 1.84. The number of ether oxygens (including phenoxy) is 2. The second-order valence-electron chi connectivity index (χ2n) is 4.11. The van der Waals surface area contributed by atoms with Crippen LogP contribution in [-0.2, 0) is 11.2 Å². The summed E-state index contributed by atoms with van der Waals surface area (Å²) in [6.07, 6.45) is -0.433. The number of fused-ring (bicyclic) bond motifs is 1. The lowest BCUT2D eigenvalue weighted by molar-refractivity contribution is -0.144. The molecule has 2 heterocycles. The number of carbonyl (C=O) groups is 1. The minimum atomic E-state index is -0.960. The standard InChI is InChI=1S/C12H10N2O4S/c1-6-13-14-12(19-6)17-8-3-2-7-4-10(11(15)16)18-9(7)5-8/h2-3,5,10H,4H2,1H3,(H,15,16). The Morgan fingerprint density at radius 2 is 2.37 bits per heavy atom. The normalized spacial score (nSPS) is 16.8. The first-order valence-electron chi connectivity index (χ1n) is 5.62. The van der Waals surface area contributed by atoms with Crippen LogP contribution in [0.4, 0.5) is 0 Å². The highest BCUT2D eigenvalue weighted by molar-refractivity contribution is 7.13. The van der Waals surface area contributed by atoms with Crippen molar-refractivity contribution in [3.63, 3.8) is 0 Å². The van der Waals surface area contributed by atoms with Crippen LogP contribution in [0.1, 0.15) is 10.6 Å². The smallest absolute Gasteiger partial charge is 0.345 e. The molecule has 0 spiro atoms. The first-order chi connectivity index (χ1) is 9.11. The third-order valence-electron chi connectivity index (χ3n) is 2.70. The quantitative estimate of drug-likeness (QED) is 0.925. The predicted octanol–water partition coefficient (Wildman–Crippen LogP) is 2.03. The molecule has 19 heavy (non-hydrogen) atoms. The maximum Gasteiger partial charge on any atom is 0.345 e. The van der Waals surface area contributed by atoms with Crippen LogP contribution in [0, 0.1) is 6.92 Å². The molecule has 1 aliphatic heterocycles. The van der Waals surface area contributed by atoms with Gasteiger partial charge in [0, 0.05) is 12.5 Å². The highest BCUT2D eigenvalue weighted by Gasteiger charge is 2.29. The van der Waals surface area contributed by atoms with Gasteiger partial charge in [-0.15, -0.1) is 5.10 Å². The van der Waals surface area contributed by atoms with Crippen molar-refractivity contribution in [1.82, 2.24) is 10.2 Å². The van der Waals surface area contributed by atoms with Crippen molar-refractivity contribution in [1.29, 1.82) is 0 Å². The summed E-state index contributed by atoms with van der Waals surface area (Å²) in [5, 5.41) is 17.9. The summed E-state index contributed by atoms with van der Waals surface area (Å²) >= 11 is 1.34. The second kappa shape index (κ2) is 4.51. The van der Waals surface area contributed by atoms with Crippen molar-refractivity contribution in [3.05, 3.63) is 28.8 Å². The monoisotopic (exact) mass is 278 g/mol. The van der Waals surface area contributed by atoms with Crippen molar-refractivity contribution in [2.45, 2.75) is 19.4 Å². The number of hydrogen-bond acceptors (Lipinski definition) is 6. The number of aromatic nitrogens is 2. The fraction of sp³-hybridized carbons (Fsp3) is 0.250. The minimum Gasteiger partial charge on any atom is -0.478 e. The molecule has 1 atom stereocenters. The van der Waals surface area contributed by atoms with E-state index >= 15 is 0 Å². The summed E-state index contributed by atoms with van der Waals surface area (Å²) in [6, 6.07) is 5.25. The SMILES string of the molecule is Cc1nnc(Oc2ccc3c(c2)OC(C(=O)O)C3)s1. The number of aryl methyl sites for hydroxylation is 1. The lowest BCUT2D eigenvalue weighted by Crippen LogP contribution is -2.24. The molecule has 0 bridgehead atoms. The third kappa shape index (κ3) is 2.37. The summed E-state index contributed by atoms with van der Waals surface area (Å²) < 4.78 is 10.9. The van der Waals surface area contributed by atoms with E-state index in [4.69, 9.17) is 14.6 Å². The van der Waals surface area contributed by atoms with E-state index in [1.54, 1.807) is 12.1 Å². The van der Waals surface area contributed by atoms with Gasteiger partial charge in [-0.05, 0) is 18.6 Å². The van der Waals surface area contributed by atoms with Gasteiger partial charge < -0.3 is 14.6 Å². The average Bonchev–Trinajstić information content (AvgIpc) is 2.95. The van der Waals surface area contributed by atoms with Crippen molar-refractivity contribution in [2.75, 3.05) is 0 Å². The lowest BCUT2D eigenvalue weighted by atomic mass is 10.1. The number of aliphatic carboxylic acids is 1. The average molecular weight is 278 g/mol. The molecule has 98 valence electrons. The fourth-order valence-electron chi connectivity index (χ4n) is 1.83. The Balaban J connectivity index is 1.80. The molecule has 6 nitrogen and oxygen atoms in total. The second-order valence-corrected chi connectivity index (χ2v) is 5.25. The Morgan fingerprint density at radius 1 is 1.53 bits per heavy atom. The lowest BCUT2D eigenvalue weighted by Gasteiger charge is -2.05. The number of rotatable bonds is 3. The molecule has 0 saturated heterocycles. The molecular formula is C12H10N2O4S. The highest BCUT2D eigenvalue weighted by atomic mass is 32.1. The molecule has 0 radical (unpaired) electrons. The summed E-state index contributed by atoms with van der Waals surface area (Å²) in [5.74, 6) is 0.144. The Bertz CT molecular complexity index is 640. The number of carboxylic acid groups (broad SMARTS) is 1. The first-order valence-corrected chi connectivity index (χ1v) is 6.44. The number of carboxylic acids is 1. The van der Waals surface area contributed by atoms with Gasteiger partial charge in [0.05, 0.1) is 0 Å². The molecule has 1 N–H and O–H groups in total. The van der Waals surface area contributed by atoms with Crippen LogP contribution < -0.4 is 9.47 Å². The Kier molecular flexibility index (Phi) is 2.83. The first kappa shape index (κ1) is 11.9. The van der Waals surface area contributed by atoms with Crippen molar-refractivity contribution in [2.24, 2.45) is 0 Å². The number of nitrogens with zero attached hydrogens (tertiary/aromatic N) is 2. The number of benzene rings is 1. The molecule has 1 aromatic carbocycles. The van der Waals surface area contributed by atoms with Crippen molar-refractivity contribution >= 4 is 17.3 Å². The fourth-order valence-corrected chi connectivity index (χ4v) is 2.38. The topological polar surface area (TPSA) is 81.5 Å². The van der Waals surface area contributed by atoms with E-state index in [0.717, 1.165) is 10.6 Å². The van der Waals surface area contributed by atoms with E-state index in [-0.39, 0.29) is 0 Å². The van der Waals surface area contributed by atoms with Gasteiger partial charge in [-0.3, -0.25) is 0 Å². The molecule has 1 aromatic heterocycles. The van der Waals surface area contributed by atoms with Gasteiger partial charge in [0.2, 0.25) is 0 Å². The molecule has 0 fully saturated rings. The van der Waals surface area contributed by atoms with Gasteiger partial charge in [0.25, 0.3) is 5.19 Å². The summed E-state index contributed by atoms with van der Waals surface area (Å²) in [7, 11) is 0. The maximum atomic E-state index is 10.9. The molecular weight excluding hydrogens is 268 g/mol. The molecule has 1 aliphatic rings. The van der Waals surface area contributed by atoms with Crippen LogP contribution in [-0.4, -0.2) is 27.4 Å². The van der Waals surface area contributed by atoms with E-state index in [1.165, 1.54) is 11.3 Å². The zero-order valence-corrected chi connectivity index (χ0v) is 10.8. The van der Waals surface area contributed by atoms with Crippen molar-refractivity contribution in [3.8, 4) is 16.7 Å². The molecule has 0 aliphatic carbocycles. The third-order valence-corrected chi connectivity index (χ3v) is 3.42. The van der Waals surface area contributed by atoms with E-state index in [1.807, 2.05) is 13.0 Å². The zero-order valence-electron chi connectivity index (χ0n) is 9.99. The van der Waals surface area contributed by atoms with Crippen LogP contribution in [0.15, 0.2) is 18.2 Å². The van der Waals surface area contributed by atoms with E-state index in [2.05, 4.69) is 10.2 Å². The van der Waals surface area contributed by atoms with Gasteiger partial charge in [-0.2, -0.15) is 0 Å². The molecule has 2 aromatic rings. The Labute approximate surface area is 112 Å². The number of hydrogen-bond donors (Lipinski definition) is 1. The molecule has 0 saturated carbocycles. The van der Waals surface area contributed by atoms with Crippen molar-refractivity contribution < 1.29 is 19.4 Å². The highest BCUT2D eigenvalue weighted by Crippen LogP contribution is 2.34. The van der Waals surface area contributed by atoms with Gasteiger partial charge >= 0.3 is 5.97 Å². The van der Waals surface area contributed by atoms with Gasteiger partial charge in [0.15, 0.2) is 6.10 Å². The van der Waals surface area contributed by atoms with Crippen LogP contribution in [0.25, 0.3) is 0 Å². The summed E-state index contributed by atoms with van der Waals surface area (Å²) in [5.41, 5.74) is 0.869. The maximum absolute atomic E-state index is 10.9. The predicted molar refractivity (Wildman–Crippen MR) is 66.9 cm³/mol. The van der Waals surface area contributed by atoms with E-state index < -0.39 is 12.1 Å². The molecule has 1 unspecified atom stereocenters. The molecule has 0 amide bonds. The van der Waals surface area contributed by atoms with Crippen LogP contribution in [0.5, 0.6) is 16.7 Å².